The molecule has 1 fully saturated rings. The van der Waals surface area contributed by atoms with E-state index in [-0.39, 0.29) is 6.23 Å². The maximum Gasteiger partial charge on any atom is 0.152 e. The number of hydrogen-bond donors (Lipinski definition) is 2. The van der Waals surface area contributed by atoms with Crippen LogP contribution in [0, 0.1) is 0 Å². The van der Waals surface area contributed by atoms with Gasteiger partial charge in [-0.2, -0.15) is 11.8 Å². The summed E-state index contributed by atoms with van der Waals surface area (Å²) in [5.74, 6) is 1.95. The summed E-state index contributed by atoms with van der Waals surface area (Å²) < 4.78 is 0. The average Bonchev–Trinajstić information content (AvgIpc) is 1.90. The zero-order chi connectivity index (χ0) is 5.82. The quantitative estimate of drug-likeness (QED) is 0.396. The van der Waals surface area contributed by atoms with Crippen molar-refractivity contribution in [3.63, 3.8) is 0 Å². The highest BCUT2D eigenvalue weighted by atomic mass is 32.2. The largest absolute Gasteiger partial charge is 0.288 e. The Bertz CT molecular complexity index is 65.1. The Morgan fingerprint density at radius 3 is 3.00 bits per heavy atom. The lowest BCUT2D eigenvalue weighted by atomic mass is 10.6. The van der Waals surface area contributed by atoms with Gasteiger partial charge < -0.3 is 0 Å². The maximum absolute atomic E-state index is 8.12. The molecule has 0 aromatic heterocycles. The van der Waals surface area contributed by atoms with Crippen LogP contribution >= 0.6 is 11.8 Å². The van der Waals surface area contributed by atoms with Crippen LogP contribution < -0.4 is 5.32 Å². The molecule has 1 atom stereocenters. The van der Waals surface area contributed by atoms with E-state index in [1.54, 1.807) is 11.8 Å². The molecule has 0 aromatic carbocycles. The van der Waals surface area contributed by atoms with Crippen molar-refractivity contribution >= 4 is 11.8 Å². The van der Waals surface area contributed by atoms with Crippen LogP contribution in [0.25, 0.3) is 0 Å². The van der Waals surface area contributed by atoms with E-state index in [1.807, 2.05) is 0 Å². The van der Waals surface area contributed by atoms with Crippen LogP contribution in [0.1, 0.15) is 0 Å². The van der Waals surface area contributed by atoms with Gasteiger partial charge in [-0.15, -0.1) is 0 Å². The fourth-order valence-electron chi connectivity index (χ4n) is 0.609. The molecule has 8 heavy (non-hydrogen) atoms. The number of rotatable bonds is 1. The molecule has 48 valence electrons. The summed E-state index contributed by atoms with van der Waals surface area (Å²) in [7, 11) is 0. The first-order chi connectivity index (χ1) is 3.93. The van der Waals surface area contributed by atoms with Crippen LogP contribution in [0.5, 0.6) is 0 Å². The van der Waals surface area contributed by atoms with E-state index in [4.69, 9.17) is 5.26 Å². The summed E-state index contributed by atoms with van der Waals surface area (Å²) in [4.78, 5) is 4.06. The molecular weight excluding hydrogens is 126 g/mol. The molecule has 1 heterocycles. The molecule has 0 saturated carbocycles. The van der Waals surface area contributed by atoms with Crippen molar-refractivity contribution in [2.24, 2.45) is 0 Å². The molecule has 1 unspecified atom stereocenters. The second kappa shape index (κ2) is 3.29. The molecule has 0 bridgehead atoms. The Kier molecular flexibility index (Phi) is 2.62. The van der Waals surface area contributed by atoms with Gasteiger partial charge in [0.25, 0.3) is 0 Å². The Morgan fingerprint density at radius 1 is 1.75 bits per heavy atom. The summed E-state index contributed by atoms with van der Waals surface area (Å²) in [6, 6.07) is 0. The van der Waals surface area contributed by atoms with Gasteiger partial charge in [-0.1, -0.05) is 0 Å². The second-order valence-corrected chi connectivity index (χ2v) is 2.77. The standard InChI is InChI=1S/C4H9NO2S/c6-7-4-3-8-2-1-5-4/h4-6H,1-3H2. The monoisotopic (exact) mass is 135 g/mol. The van der Waals surface area contributed by atoms with Crippen LogP contribution in [0.2, 0.25) is 0 Å². The van der Waals surface area contributed by atoms with Crippen molar-refractivity contribution in [3.8, 4) is 0 Å². The van der Waals surface area contributed by atoms with E-state index in [1.165, 1.54) is 0 Å². The average molecular weight is 135 g/mol. The Hall–Kier alpha value is 0.230. The van der Waals surface area contributed by atoms with E-state index in [0.717, 1.165) is 18.1 Å². The minimum absolute atomic E-state index is 0.145. The van der Waals surface area contributed by atoms with Gasteiger partial charge in [0.15, 0.2) is 6.23 Å². The predicted molar refractivity (Wildman–Crippen MR) is 32.8 cm³/mol. The van der Waals surface area contributed by atoms with Gasteiger partial charge in [-0.3, -0.25) is 10.6 Å². The first kappa shape index (κ1) is 6.35. The predicted octanol–water partition coefficient (Wildman–Crippen LogP) is 0.138. The molecule has 2 N–H and O–H groups in total. The Balaban J connectivity index is 2.13. The third-order valence-corrected chi connectivity index (χ3v) is 2.05. The lowest BCUT2D eigenvalue weighted by molar-refractivity contribution is -0.279. The summed E-state index contributed by atoms with van der Waals surface area (Å²) in [6.07, 6.45) is -0.145. The topological polar surface area (TPSA) is 41.5 Å². The summed E-state index contributed by atoms with van der Waals surface area (Å²) in [5.41, 5.74) is 0. The molecule has 0 aliphatic carbocycles. The Labute approximate surface area is 52.3 Å². The van der Waals surface area contributed by atoms with Crippen molar-refractivity contribution in [3.05, 3.63) is 0 Å². The van der Waals surface area contributed by atoms with Gasteiger partial charge in [0, 0.05) is 18.1 Å². The van der Waals surface area contributed by atoms with E-state index >= 15 is 0 Å². The van der Waals surface area contributed by atoms with Gasteiger partial charge in [0.2, 0.25) is 0 Å². The summed E-state index contributed by atoms with van der Waals surface area (Å²) in [6.45, 7) is 0.926. The number of hydrogen-bond acceptors (Lipinski definition) is 4. The minimum Gasteiger partial charge on any atom is -0.288 e. The molecule has 3 nitrogen and oxygen atoms in total. The first-order valence-electron chi connectivity index (χ1n) is 2.55. The van der Waals surface area contributed by atoms with Gasteiger partial charge in [0.05, 0.1) is 0 Å². The highest BCUT2D eigenvalue weighted by Crippen LogP contribution is 2.06. The molecule has 0 amide bonds. The van der Waals surface area contributed by atoms with Crippen molar-refractivity contribution in [1.29, 1.82) is 0 Å². The molecule has 0 radical (unpaired) electrons. The molecule has 1 aliphatic rings. The lowest BCUT2D eigenvalue weighted by Crippen LogP contribution is -2.38. The summed E-state index contributed by atoms with van der Waals surface area (Å²) >= 11 is 1.78. The van der Waals surface area contributed by atoms with Crippen LogP contribution in [-0.4, -0.2) is 29.5 Å². The fraction of sp³-hybridized carbons (Fsp3) is 1.00. The van der Waals surface area contributed by atoms with E-state index < -0.39 is 0 Å². The zero-order valence-electron chi connectivity index (χ0n) is 4.46. The molecule has 1 aliphatic heterocycles. The van der Waals surface area contributed by atoms with Crippen LogP contribution in [0.15, 0.2) is 0 Å². The third-order valence-electron chi connectivity index (χ3n) is 1.01. The smallest absolute Gasteiger partial charge is 0.152 e. The van der Waals surface area contributed by atoms with Crippen molar-refractivity contribution in [1.82, 2.24) is 5.32 Å². The molecule has 1 rings (SSSR count). The molecular formula is C4H9NO2S. The minimum atomic E-state index is -0.145. The fourth-order valence-corrected chi connectivity index (χ4v) is 1.43. The summed E-state index contributed by atoms with van der Waals surface area (Å²) in [5, 5.41) is 11.1. The van der Waals surface area contributed by atoms with Crippen LogP contribution in [0.3, 0.4) is 0 Å². The number of thioether (sulfide) groups is 1. The zero-order valence-corrected chi connectivity index (χ0v) is 5.28. The van der Waals surface area contributed by atoms with Gasteiger partial charge in [-0.25, -0.2) is 4.89 Å². The van der Waals surface area contributed by atoms with Crippen molar-refractivity contribution in [2.45, 2.75) is 6.23 Å². The second-order valence-electron chi connectivity index (χ2n) is 1.62. The molecule has 4 heteroatoms. The highest BCUT2D eigenvalue weighted by Gasteiger charge is 2.11. The highest BCUT2D eigenvalue weighted by molar-refractivity contribution is 7.99. The normalized spacial score (nSPS) is 30.4. The Morgan fingerprint density at radius 2 is 2.62 bits per heavy atom. The van der Waals surface area contributed by atoms with E-state index in [0.29, 0.717) is 0 Å². The molecule has 0 spiro atoms. The maximum atomic E-state index is 8.12. The van der Waals surface area contributed by atoms with Crippen molar-refractivity contribution in [2.75, 3.05) is 18.1 Å². The van der Waals surface area contributed by atoms with Gasteiger partial charge in [0.1, 0.15) is 0 Å². The SMILES string of the molecule is OOC1CSCCN1. The van der Waals surface area contributed by atoms with Gasteiger partial charge >= 0.3 is 0 Å². The van der Waals surface area contributed by atoms with E-state index in [9.17, 15) is 0 Å². The van der Waals surface area contributed by atoms with Crippen LogP contribution in [-0.2, 0) is 4.89 Å². The van der Waals surface area contributed by atoms with Crippen molar-refractivity contribution < 1.29 is 10.1 Å². The van der Waals surface area contributed by atoms with Crippen LogP contribution in [0.4, 0.5) is 0 Å². The third kappa shape index (κ3) is 1.63. The lowest BCUT2D eigenvalue weighted by Gasteiger charge is -2.18. The molecule has 1 saturated heterocycles. The first-order valence-corrected chi connectivity index (χ1v) is 3.70. The van der Waals surface area contributed by atoms with Gasteiger partial charge in [-0.05, 0) is 0 Å². The molecule has 0 aromatic rings. The number of nitrogens with one attached hydrogen (secondary N) is 1. The van der Waals surface area contributed by atoms with E-state index in [2.05, 4.69) is 10.2 Å².